The van der Waals surface area contributed by atoms with Crippen LogP contribution in [0.2, 0.25) is 0 Å². The van der Waals surface area contributed by atoms with E-state index in [0.29, 0.717) is 11.5 Å². The van der Waals surface area contributed by atoms with E-state index in [1.54, 1.807) is 13.2 Å². The van der Waals surface area contributed by atoms with Crippen LogP contribution < -0.4 is 0 Å². The van der Waals surface area contributed by atoms with Crippen LogP contribution in [-0.2, 0) is 17.6 Å². The van der Waals surface area contributed by atoms with Crippen LogP contribution in [0.1, 0.15) is 27.9 Å². The molecule has 2 rings (SSSR count). The molecular formula is C13H16O3. The standard InChI is InChI=1S/C13H16O3/c1-16-8-9-5-6-11-10(7-9)3-2-4-12(11)13(14)15/h2-4,9H,5-8H2,1H3,(H,14,15). The molecule has 0 radical (unpaired) electrons. The minimum Gasteiger partial charge on any atom is -0.478 e. The molecule has 0 saturated heterocycles. The molecule has 0 heterocycles. The van der Waals surface area contributed by atoms with Gasteiger partial charge in [0.2, 0.25) is 0 Å². The van der Waals surface area contributed by atoms with E-state index in [1.807, 2.05) is 12.1 Å². The van der Waals surface area contributed by atoms with Gasteiger partial charge in [-0.1, -0.05) is 12.1 Å². The molecule has 1 atom stereocenters. The van der Waals surface area contributed by atoms with Gasteiger partial charge in [-0.3, -0.25) is 0 Å². The van der Waals surface area contributed by atoms with Crippen molar-refractivity contribution in [2.45, 2.75) is 19.3 Å². The third-order valence-corrected chi connectivity index (χ3v) is 3.22. The van der Waals surface area contributed by atoms with Gasteiger partial charge in [0.05, 0.1) is 5.56 Å². The van der Waals surface area contributed by atoms with Crippen molar-refractivity contribution in [3.8, 4) is 0 Å². The van der Waals surface area contributed by atoms with E-state index in [0.717, 1.165) is 31.4 Å². The Morgan fingerprint density at radius 1 is 1.56 bits per heavy atom. The third kappa shape index (κ3) is 2.09. The first-order chi connectivity index (χ1) is 7.72. The molecular weight excluding hydrogens is 204 g/mol. The van der Waals surface area contributed by atoms with E-state index in [9.17, 15) is 4.79 Å². The Balaban J connectivity index is 2.27. The van der Waals surface area contributed by atoms with Crippen LogP contribution in [0.4, 0.5) is 0 Å². The Morgan fingerprint density at radius 2 is 2.38 bits per heavy atom. The zero-order chi connectivity index (χ0) is 11.5. The second-order valence-electron chi connectivity index (χ2n) is 4.31. The molecule has 1 aromatic rings. The Bertz CT molecular complexity index is 398. The van der Waals surface area contributed by atoms with Gasteiger partial charge in [-0.2, -0.15) is 0 Å². The molecule has 1 aromatic carbocycles. The van der Waals surface area contributed by atoms with Gasteiger partial charge >= 0.3 is 5.97 Å². The SMILES string of the molecule is COCC1CCc2c(cccc2C(=O)O)C1. The lowest BCUT2D eigenvalue weighted by molar-refractivity contribution is 0.0694. The smallest absolute Gasteiger partial charge is 0.335 e. The molecule has 0 spiro atoms. The van der Waals surface area contributed by atoms with Crippen molar-refractivity contribution in [1.29, 1.82) is 0 Å². The lowest BCUT2D eigenvalue weighted by atomic mass is 9.82. The van der Waals surface area contributed by atoms with Gasteiger partial charge in [-0.15, -0.1) is 0 Å². The maximum absolute atomic E-state index is 11.1. The molecule has 3 heteroatoms. The number of methoxy groups -OCH3 is 1. The summed E-state index contributed by atoms with van der Waals surface area (Å²) in [5.74, 6) is -0.288. The minimum atomic E-state index is -0.818. The number of carbonyl (C=O) groups is 1. The average molecular weight is 220 g/mol. The highest BCUT2D eigenvalue weighted by Gasteiger charge is 2.22. The molecule has 86 valence electrons. The second kappa shape index (κ2) is 4.66. The summed E-state index contributed by atoms with van der Waals surface area (Å²) in [4.78, 5) is 11.1. The largest absolute Gasteiger partial charge is 0.478 e. The number of benzene rings is 1. The fourth-order valence-corrected chi connectivity index (χ4v) is 2.46. The molecule has 16 heavy (non-hydrogen) atoms. The second-order valence-corrected chi connectivity index (χ2v) is 4.31. The van der Waals surface area contributed by atoms with Crippen LogP contribution in [0.25, 0.3) is 0 Å². The van der Waals surface area contributed by atoms with Crippen molar-refractivity contribution in [2.24, 2.45) is 5.92 Å². The highest BCUT2D eigenvalue weighted by molar-refractivity contribution is 5.89. The van der Waals surface area contributed by atoms with E-state index in [-0.39, 0.29) is 0 Å². The Morgan fingerprint density at radius 3 is 3.06 bits per heavy atom. The number of carboxylic acid groups (broad SMARTS) is 1. The zero-order valence-electron chi connectivity index (χ0n) is 9.40. The van der Waals surface area contributed by atoms with Crippen molar-refractivity contribution in [3.05, 3.63) is 34.9 Å². The maximum atomic E-state index is 11.1. The highest BCUT2D eigenvalue weighted by Crippen LogP contribution is 2.28. The van der Waals surface area contributed by atoms with Crippen LogP contribution in [-0.4, -0.2) is 24.8 Å². The average Bonchev–Trinajstić information content (AvgIpc) is 2.28. The van der Waals surface area contributed by atoms with Gasteiger partial charge in [0.15, 0.2) is 0 Å². The normalized spacial score (nSPS) is 19.2. The van der Waals surface area contributed by atoms with E-state index < -0.39 is 5.97 Å². The third-order valence-electron chi connectivity index (χ3n) is 3.22. The molecule has 1 aliphatic rings. The van der Waals surface area contributed by atoms with Crippen molar-refractivity contribution in [3.63, 3.8) is 0 Å². The minimum absolute atomic E-state index is 0.466. The molecule has 0 fully saturated rings. The highest BCUT2D eigenvalue weighted by atomic mass is 16.5. The number of aromatic carboxylic acids is 1. The molecule has 0 aliphatic heterocycles. The van der Waals surface area contributed by atoms with Crippen molar-refractivity contribution in [1.82, 2.24) is 0 Å². The zero-order valence-corrected chi connectivity index (χ0v) is 9.40. The van der Waals surface area contributed by atoms with E-state index >= 15 is 0 Å². The summed E-state index contributed by atoms with van der Waals surface area (Å²) < 4.78 is 5.16. The molecule has 0 saturated carbocycles. The van der Waals surface area contributed by atoms with Crippen LogP contribution in [0.5, 0.6) is 0 Å². The lowest BCUT2D eigenvalue weighted by Gasteiger charge is -2.25. The molecule has 1 aliphatic carbocycles. The Labute approximate surface area is 95.0 Å². The predicted molar refractivity (Wildman–Crippen MR) is 60.8 cm³/mol. The molecule has 0 amide bonds. The van der Waals surface area contributed by atoms with Gasteiger partial charge in [-0.25, -0.2) is 4.79 Å². The van der Waals surface area contributed by atoms with E-state index in [1.165, 1.54) is 5.56 Å². The van der Waals surface area contributed by atoms with E-state index in [4.69, 9.17) is 9.84 Å². The fraction of sp³-hybridized carbons (Fsp3) is 0.462. The lowest BCUT2D eigenvalue weighted by Crippen LogP contribution is -2.20. The summed E-state index contributed by atoms with van der Waals surface area (Å²) in [5, 5.41) is 9.09. The first-order valence-corrected chi connectivity index (χ1v) is 5.55. The van der Waals surface area contributed by atoms with Crippen molar-refractivity contribution < 1.29 is 14.6 Å². The van der Waals surface area contributed by atoms with Gasteiger partial charge in [0.1, 0.15) is 0 Å². The van der Waals surface area contributed by atoms with Crippen LogP contribution in [0.15, 0.2) is 18.2 Å². The predicted octanol–water partition coefficient (Wildman–Crippen LogP) is 2.14. The Kier molecular flexibility index (Phi) is 3.25. The van der Waals surface area contributed by atoms with Crippen LogP contribution >= 0.6 is 0 Å². The maximum Gasteiger partial charge on any atom is 0.335 e. The number of fused-ring (bicyclic) bond motifs is 1. The number of carboxylic acids is 1. The van der Waals surface area contributed by atoms with Crippen molar-refractivity contribution >= 4 is 5.97 Å². The molecule has 1 N–H and O–H groups in total. The number of hydrogen-bond acceptors (Lipinski definition) is 2. The van der Waals surface area contributed by atoms with Gasteiger partial charge < -0.3 is 9.84 Å². The quantitative estimate of drug-likeness (QED) is 0.848. The first-order valence-electron chi connectivity index (χ1n) is 5.55. The summed E-state index contributed by atoms with van der Waals surface area (Å²) in [7, 11) is 1.71. The van der Waals surface area contributed by atoms with E-state index in [2.05, 4.69) is 0 Å². The summed E-state index contributed by atoms with van der Waals surface area (Å²) in [6.07, 6.45) is 2.81. The first kappa shape index (κ1) is 11.1. The molecule has 1 unspecified atom stereocenters. The topological polar surface area (TPSA) is 46.5 Å². The van der Waals surface area contributed by atoms with Crippen molar-refractivity contribution in [2.75, 3.05) is 13.7 Å². The van der Waals surface area contributed by atoms with Gasteiger partial charge in [-0.05, 0) is 42.4 Å². The van der Waals surface area contributed by atoms with Gasteiger partial charge in [0, 0.05) is 13.7 Å². The number of hydrogen-bond donors (Lipinski definition) is 1. The summed E-state index contributed by atoms with van der Waals surface area (Å²) in [5.41, 5.74) is 2.66. The molecule has 0 aromatic heterocycles. The molecule has 3 nitrogen and oxygen atoms in total. The monoisotopic (exact) mass is 220 g/mol. The summed E-state index contributed by atoms with van der Waals surface area (Å²) in [6, 6.07) is 5.55. The summed E-state index contributed by atoms with van der Waals surface area (Å²) in [6.45, 7) is 0.761. The van der Waals surface area contributed by atoms with Crippen LogP contribution in [0.3, 0.4) is 0 Å². The summed E-state index contributed by atoms with van der Waals surface area (Å²) >= 11 is 0. The number of ether oxygens (including phenoxy) is 1. The van der Waals surface area contributed by atoms with Crippen LogP contribution in [0, 0.1) is 5.92 Å². The number of rotatable bonds is 3. The fourth-order valence-electron chi connectivity index (χ4n) is 2.46. The van der Waals surface area contributed by atoms with Gasteiger partial charge in [0.25, 0.3) is 0 Å². The Hall–Kier alpha value is -1.35. The molecule has 0 bridgehead atoms.